The molecule has 1 aromatic rings. The van der Waals surface area contributed by atoms with Gasteiger partial charge in [-0.25, -0.2) is 13.1 Å². The van der Waals surface area contributed by atoms with Crippen LogP contribution in [-0.2, 0) is 14.8 Å². The number of nitrogens with one attached hydrogen (secondary N) is 2. The molecule has 0 bridgehead atoms. The van der Waals surface area contributed by atoms with Gasteiger partial charge < -0.3 is 11.1 Å². The molecule has 1 amide bonds. The molecule has 0 saturated heterocycles. The minimum Gasteiger partial charge on any atom is -0.325 e. The van der Waals surface area contributed by atoms with Crippen LogP contribution in [0.25, 0.3) is 0 Å². The van der Waals surface area contributed by atoms with Gasteiger partial charge in [-0.3, -0.25) is 4.79 Å². The molecule has 0 radical (unpaired) electrons. The molecule has 0 fully saturated rings. The molecular formula is C11H17N3O3S. The van der Waals surface area contributed by atoms with Crippen molar-refractivity contribution in [3.8, 4) is 0 Å². The Labute approximate surface area is 107 Å². The summed E-state index contributed by atoms with van der Waals surface area (Å²) in [5, 5.41) is 2.50. The summed E-state index contributed by atoms with van der Waals surface area (Å²) in [6, 6.07) is 5.81. The molecular weight excluding hydrogens is 254 g/mol. The lowest BCUT2D eigenvalue weighted by molar-refractivity contribution is -0.114. The molecule has 0 aliphatic carbocycles. The van der Waals surface area contributed by atoms with Crippen molar-refractivity contribution in [3.05, 3.63) is 24.3 Å². The molecule has 0 spiro atoms. The van der Waals surface area contributed by atoms with E-state index in [9.17, 15) is 13.2 Å². The third-order valence-electron chi connectivity index (χ3n) is 2.00. The van der Waals surface area contributed by atoms with E-state index in [2.05, 4.69) is 10.0 Å². The maximum absolute atomic E-state index is 11.9. The number of benzene rings is 1. The predicted molar refractivity (Wildman–Crippen MR) is 69.6 cm³/mol. The number of nitrogens with two attached hydrogens (primary N) is 1. The highest BCUT2D eigenvalue weighted by Gasteiger charge is 2.15. The zero-order valence-electron chi connectivity index (χ0n) is 10.3. The lowest BCUT2D eigenvalue weighted by Gasteiger charge is -2.11. The summed E-state index contributed by atoms with van der Waals surface area (Å²) >= 11 is 0. The quantitative estimate of drug-likeness (QED) is 0.715. The Morgan fingerprint density at radius 1 is 1.39 bits per heavy atom. The Hall–Kier alpha value is -1.44. The van der Waals surface area contributed by atoms with Crippen molar-refractivity contribution in [2.45, 2.75) is 24.8 Å². The van der Waals surface area contributed by atoms with E-state index >= 15 is 0 Å². The Bertz CT molecular complexity index is 526. The smallest absolute Gasteiger partial charge is 0.240 e. The van der Waals surface area contributed by atoms with Crippen LogP contribution in [0.3, 0.4) is 0 Å². The van der Waals surface area contributed by atoms with Crippen LogP contribution < -0.4 is 15.8 Å². The molecule has 7 heteroatoms. The first kappa shape index (κ1) is 14.6. The molecule has 0 heterocycles. The summed E-state index contributed by atoms with van der Waals surface area (Å²) in [6.45, 7) is 3.32. The van der Waals surface area contributed by atoms with Crippen LogP contribution in [0.1, 0.15) is 13.8 Å². The fourth-order valence-corrected chi connectivity index (χ4v) is 2.63. The summed E-state index contributed by atoms with van der Waals surface area (Å²) in [5.74, 6) is -0.374. The van der Waals surface area contributed by atoms with Crippen LogP contribution in [0.5, 0.6) is 0 Å². The van der Waals surface area contributed by atoms with E-state index in [0.717, 1.165) is 0 Å². The summed E-state index contributed by atoms with van der Waals surface area (Å²) in [5.41, 5.74) is 5.57. The normalized spacial score (nSPS) is 11.6. The molecule has 0 saturated carbocycles. The molecule has 6 nitrogen and oxygen atoms in total. The average molecular weight is 271 g/mol. The van der Waals surface area contributed by atoms with E-state index in [1.54, 1.807) is 26.0 Å². The zero-order chi connectivity index (χ0) is 13.8. The third-order valence-corrected chi connectivity index (χ3v) is 3.66. The molecule has 0 aromatic heterocycles. The third kappa shape index (κ3) is 4.10. The van der Waals surface area contributed by atoms with Gasteiger partial charge in [-0.2, -0.15) is 0 Å². The minimum absolute atomic E-state index is 0.103. The number of hydrogen-bond acceptors (Lipinski definition) is 4. The van der Waals surface area contributed by atoms with Gasteiger partial charge in [-0.1, -0.05) is 6.07 Å². The van der Waals surface area contributed by atoms with Gasteiger partial charge in [0.15, 0.2) is 0 Å². The lowest BCUT2D eigenvalue weighted by Crippen LogP contribution is -2.30. The highest BCUT2D eigenvalue weighted by Crippen LogP contribution is 2.15. The predicted octanol–water partition coefficient (Wildman–Crippen LogP) is 0.271. The second kappa shape index (κ2) is 5.94. The van der Waals surface area contributed by atoms with E-state index in [-0.39, 0.29) is 23.4 Å². The lowest BCUT2D eigenvalue weighted by atomic mass is 10.3. The van der Waals surface area contributed by atoms with Crippen molar-refractivity contribution in [3.63, 3.8) is 0 Å². The Balaban J connectivity index is 2.98. The van der Waals surface area contributed by atoms with Crippen LogP contribution in [0.2, 0.25) is 0 Å². The van der Waals surface area contributed by atoms with E-state index in [0.29, 0.717) is 5.69 Å². The molecule has 4 N–H and O–H groups in total. The first-order valence-corrected chi connectivity index (χ1v) is 6.96. The Morgan fingerprint density at radius 3 is 2.61 bits per heavy atom. The highest BCUT2D eigenvalue weighted by atomic mass is 32.2. The summed E-state index contributed by atoms with van der Waals surface area (Å²) < 4.78 is 26.3. The molecule has 18 heavy (non-hydrogen) atoms. The van der Waals surface area contributed by atoms with Crippen molar-refractivity contribution >= 4 is 21.6 Å². The largest absolute Gasteiger partial charge is 0.325 e. The van der Waals surface area contributed by atoms with Crippen LogP contribution in [0.15, 0.2) is 29.2 Å². The number of rotatable bonds is 5. The van der Waals surface area contributed by atoms with Gasteiger partial charge in [0.1, 0.15) is 0 Å². The molecule has 0 unspecified atom stereocenters. The molecule has 1 aromatic carbocycles. The summed E-state index contributed by atoms with van der Waals surface area (Å²) in [6.07, 6.45) is 0. The summed E-state index contributed by atoms with van der Waals surface area (Å²) in [4.78, 5) is 11.2. The number of amides is 1. The van der Waals surface area contributed by atoms with Crippen LogP contribution in [0, 0.1) is 0 Å². The van der Waals surface area contributed by atoms with Crippen LogP contribution in [0.4, 0.5) is 5.69 Å². The molecule has 100 valence electrons. The van der Waals surface area contributed by atoms with Gasteiger partial charge in [0.05, 0.1) is 11.4 Å². The van der Waals surface area contributed by atoms with Crippen molar-refractivity contribution in [1.82, 2.24) is 4.72 Å². The number of sulfonamides is 1. The Morgan fingerprint density at radius 2 is 2.06 bits per heavy atom. The fourth-order valence-electron chi connectivity index (χ4n) is 1.33. The second-order valence-electron chi connectivity index (χ2n) is 4.06. The fraction of sp³-hybridized carbons (Fsp3) is 0.364. The minimum atomic E-state index is -3.56. The molecule has 1 rings (SSSR count). The van der Waals surface area contributed by atoms with Gasteiger partial charge in [0.2, 0.25) is 15.9 Å². The van der Waals surface area contributed by atoms with Gasteiger partial charge in [-0.05, 0) is 32.0 Å². The molecule has 0 aliphatic heterocycles. The SMILES string of the molecule is CC(C)NS(=O)(=O)c1cccc(NC(=O)CN)c1. The van der Waals surface area contributed by atoms with E-state index < -0.39 is 10.0 Å². The van der Waals surface area contributed by atoms with Crippen LogP contribution >= 0.6 is 0 Å². The zero-order valence-corrected chi connectivity index (χ0v) is 11.1. The average Bonchev–Trinajstić information content (AvgIpc) is 2.27. The van der Waals surface area contributed by atoms with E-state index in [1.807, 2.05) is 0 Å². The molecule has 0 atom stereocenters. The van der Waals surface area contributed by atoms with Crippen LogP contribution in [-0.4, -0.2) is 26.9 Å². The van der Waals surface area contributed by atoms with Crippen molar-refractivity contribution < 1.29 is 13.2 Å². The van der Waals surface area contributed by atoms with Crippen molar-refractivity contribution in [2.75, 3.05) is 11.9 Å². The van der Waals surface area contributed by atoms with E-state index in [1.165, 1.54) is 12.1 Å². The first-order chi connectivity index (χ1) is 8.35. The Kier molecular flexibility index (Phi) is 4.83. The number of hydrogen-bond donors (Lipinski definition) is 3. The van der Waals surface area contributed by atoms with Gasteiger partial charge in [0.25, 0.3) is 0 Å². The monoisotopic (exact) mass is 271 g/mol. The highest BCUT2D eigenvalue weighted by molar-refractivity contribution is 7.89. The van der Waals surface area contributed by atoms with Crippen molar-refractivity contribution in [1.29, 1.82) is 0 Å². The maximum atomic E-state index is 11.9. The number of carbonyl (C=O) groups excluding carboxylic acids is 1. The summed E-state index contributed by atoms with van der Waals surface area (Å²) in [7, 11) is -3.56. The second-order valence-corrected chi connectivity index (χ2v) is 5.77. The standard InChI is InChI=1S/C11H17N3O3S/c1-8(2)14-18(16,17)10-5-3-4-9(6-10)13-11(15)7-12/h3-6,8,14H,7,12H2,1-2H3,(H,13,15). The van der Waals surface area contributed by atoms with Gasteiger partial charge in [-0.15, -0.1) is 0 Å². The van der Waals surface area contributed by atoms with E-state index in [4.69, 9.17) is 5.73 Å². The number of carbonyl (C=O) groups is 1. The first-order valence-electron chi connectivity index (χ1n) is 5.47. The van der Waals surface area contributed by atoms with Gasteiger partial charge in [0, 0.05) is 11.7 Å². The maximum Gasteiger partial charge on any atom is 0.240 e. The topological polar surface area (TPSA) is 101 Å². The van der Waals surface area contributed by atoms with Crippen molar-refractivity contribution in [2.24, 2.45) is 5.73 Å². The molecule has 0 aliphatic rings. The number of anilines is 1. The van der Waals surface area contributed by atoms with Gasteiger partial charge >= 0.3 is 0 Å².